The molecule has 20 heavy (non-hydrogen) atoms. The molecule has 0 aromatic rings. The Morgan fingerprint density at radius 1 is 1.50 bits per heavy atom. The van der Waals surface area contributed by atoms with Gasteiger partial charge in [-0.15, -0.1) is 11.8 Å². The van der Waals surface area contributed by atoms with E-state index in [0.29, 0.717) is 17.4 Å². The van der Waals surface area contributed by atoms with Gasteiger partial charge in [0.15, 0.2) is 0 Å². The molecule has 3 aliphatic heterocycles. The van der Waals surface area contributed by atoms with Crippen LogP contribution < -0.4 is 5.32 Å². The molecule has 4 aliphatic rings. The zero-order valence-electron chi connectivity index (χ0n) is 11.8. The van der Waals surface area contributed by atoms with Gasteiger partial charge in [0.25, 0.3) is 5.91 Å². The highest BCUT2D eigenvalue weighted by atomic mass is 32.2. The summed E-state index contributed by atoms with van der Waals surface area (Å²) in [4.78, 5) is 14.2. The van der Waals surface area contributed by atoms with E-state index in [4.69, 9.17) is 4.74 Å². The number of rotatable bonds is 4. The van der Waals surface area contributed by atoms with Gasteiger partial charge < -0.3 is 15.0 Å². The summed E-state index contributed by atoms with van der Waals surface area (Å²) in [6.45, 7) is 3.72. The predicted molar refractivity (Wildman–Crippen MR) is 79.6 cm³/mol. The van der Waals surface area contributed by atoms with Crippen LogP contribution in [0, 0.1) is 5.92 Å². The molecule has 1 atom stereocenters. The molecule has 0 aromatic carbocycles. The molecule has 1 amide bonds. The van der Waals surface area contributed by atoms with Crippen LogP contribution in [0.4, 0.5) is 0 Å². The Balaban J connectivity index is 1.26. The second-order valence-corrected chi connectivity index (χ2v) is 8.16. The first kappa shape index (κ1) is 13.0. The van der Waals surface area contributed by atoms with Gasteiger partial charge in [-0.2, -0.15) is 0 Å². The Bertz CT molecular complexity index is 441. The molecule has 1 spiro atoms. The number of hydrogen-bond acceptors (Lipinski definition) is 4. The van der Waals surface area contributed by atoms with Crippen molar-refractivity contribution in [1.29, 1.82) is 0 Å². The fourth-order valence-electron chi connectivity index (χ4n) is 3.39. The number of carbonyl (C=O) groups is 1. The van der Waals surface area contributed by atoms with Crippen LogP contribution >= 0.6 is 11.8 Å². The number of nitrogens with one attached hydrogen (secondary N) is 1. The van der Waals surface area contributed by atoms with Crippen LogP contribution in [0.5, 0.6) is 0 Å². The molecule has 4 rings (SSSR count). The van der Waals surface area contributed by atoms with Crippen molar-refractivity contribution in [3.05, 3.63) is 11.8 Å². The summed E-state index contributed by atoms with van der Waals surface area (Å²) in [5.74, 6) is 2.36. The van der Waals surface area contributed by atoms with E-state index in [9.17, 15) is 4.79 Å². The summed E-state index contributed by atoms with van der Waals surface area (Å²) in [5, 5.41) is 3.71. The summed E-state index contributed by atoms with van der Waals surface area (Å²) in [7, 11) is 0. The van der Waals surface area contributed by atoms with Crippen molar-refractivity contribution < 1.29 is 9.53 Å². The monoisotopic (exact) mass is 294 g/mol. The minimum atomic E-state index is 0.197. The average molecular weight is 294 g/mol. The molecule has 0 radical (unpaired) electrons. The lowest BCUT2D eigenvalue weighted by atomic mass is 9.91. The van der Waals surface area contributed by atoms with E-state index in [1.54, 1.807) is 6.26 Å². The van der Waals surface area contributed by atoms with Crippen molar-refractivity contribution in [1.82, 2.24) is 10.2 Å². The maximum atomic E-state index is 12.2. The molecule has 1 saturated carbocycles. The molecule has 2 saturated heterocycles. The fraction of sp³-hybridized carbons (Fsp3) is 0.800. The topological polar surface area (TPSA) is 41.6 Å². The third kappa shape index (κ3) is 2.46. The van der Waals surface area contributed by atoms with Crippen molar-refractivity contribution in [3.63, 3.8) is 0 Å². The van der Waals surface area contributed by atoms with Crippen molar-refractivity contribution >= 4 is 17.7 Å². The van der Waals surface area contributed by atoms with Gasteiger partial charge in [0.05, 0.1) is 23.2 Å². The van der Waals surface area contributed by atoms with E-state index >= 15 is 0 Å². The van der Waals surface area contributed by atoms with E-state index in [-0.39, 0.29) is 5.91 Å². The van der Waals surface area contributed by atoms with Gasteiger partial charge in [-0.1, -0.05) is 0 Å². The second-order valence-electron chi connectivity index (χ2n) is 6.67. The molecule has 1 N–H and O–H groups in total. The third-order valence-electron chi connectivity index (χ3n) is 4.84. The van der Waals surface area contributed by atoms with Crippen LogP contribution in [0.1, 0.15) is 25.7 Å². The maximum absolute atomic E-state index is 12.2. The van der Waals surface area contributed by atoms with Crippen LogP contribution in [-0.2, 0) is 9.53 Å². The fourth-order valence-corrected chi connectivity index (χ4v) is 5.00. The number of ether oxygens (including phenoxy) is 1. The summed E-state index contributed by atoms with van der Waals surface area (Å²) in [6, 6.07) is 0.659. The van der Waals surface area contributed by atoms with E-state index < -0.39 is 0 Å². The summed E-state index contributed by atoms with van der Waals surface area (Å²) in [5.41, 5.74) is 0.853. The van der Waals surface area contributed by atoms with Crippen molar-refractivity contribution in [2.45, 2.75) is 36.5 Å². The number of hydrogen-bond donors (Lipinski definition) is 1. The smallest absolute Gasteiger partial charge is 0.253 e. The van der Waals surface area contributed by atoms with Gasteiger partial charge in [0.1, 0.15) is 0 Å². The minimum absolute atomic E-state index is 0.197. The lowest BCUT2D eigenvalue weighted by Gasteiger charge is -2.47. The predicted octanol–water partition coefficient (Wildman–Crippen LogP) is 1.38. The molecular weight excluding hydrogens is 272 g/mol. The maximum Gasteiger partial charge on any atom is 0.253 e. The molecule has 4 nitrogen and oxygen atoms in total. The Kier molecular flexibility index (Phi) is 3.22. The van der Waals surface area contributed by atoms with Gasteiger partial charge in [-0.3, -0.25) is 4.79 Å². The van der Waals surface area contributed by atoms with Gasteiger partial charge in [-0.05, 0) is 31.7 Å². The Morgan fingerprint density at radius 2 is 2.35 bits per heavy atom. The van der Waals surface area contributed by atoms with Crippen molar-refractivity contribution in [3.8, 4) is 0 Å². The number of amides is 1. The molecule has 1 unspecified atom stereocenters. The summed E-state index contributed by atoms with van der Waals surface area (Å²) in [6.07, 6.45) is 6.48. The first-order valence-corrected chi connectivity index (χ1v) is 8.70. The molecule has 3 fully saturated rings. The van der Waals surface area contributed by atoms with Gasteiger partial charge >= 0.3 is 0 Å². The first-order chi connectivity index (χ1) is 9.74. The number of nitrogens with zero attached hydrogens (tertiary/aromatic N) is 1. The minimum Gasteiger partial charge on any atom is -0.500 e. The Labute approximate surface area is 124 Å². The van der Waals surface area contributed by atoms with Crippen LogP contribution in [0.15, 0.2) is 11.8 Å². The molecule has 0 aromatic heterocycles. The molecule has 1 aliphatic carbocycles. The highest BCUT2D eigenvalue weighted by Crippen LogP contribution is 2.45. The molecule has 0 bridgehead atoms. The second kappa shape index (κ2) is 4.95. The van der Waals surface area contributed by atoms with Gasteiger partial charge in [0.2, 0.25) is 0 Å². The quantitative estimate of drug-likeness (QED) is 0.850. The number of carbonyl (C=O) groups excluding carboxylic acids is 1. The van der Waals surface area contributed by atoms with Crippen LogP contribution in [0.2, 0.25) is 0 Å². The molecule has 5 heteroatoms. The zero-order valence-corrected chi connectivity index (χ0v) is 12.6. The normalized spacial score (nSPS) is 31.1. The van der Waals surface area contributed by atoms with Crippen LogP contribution in [0.3, 0.4) is 0 Å². The average Bonchev–Trinajstić information content (AvgIpc) is 2.93. The molecule has 3 heterocycles. The third-order valence-corrected chi connectivity index (χ3v) is 6.44. The Morgan fingerprint density at radius 3 is 3.05 bits per heavy atom. The first-order valence-electron chi connectivity index (χ1n) is 7.71. The zero-order chi connectivity index (χ0) is 13.6. The largest absolute Gasteiger partial charge is 0.500 e. The summed E-state index contributed by atoms with van der Waals surface area (Å²) >= 11 is 2.07. The lowest BCUT2D eigenvalue weighted by Crippen LogP contribution is -2.61. The van der Waals surface area contributed by atoms with Crippen LogP contribution in [0.25, 0.3) is 0 Å². The van der Waals surface area contributed by atoms with Gasteiger partial charge in [0, 0.05) is 31.3 Å². The van der Waals surface area contributed by atoms with Crippen molar-refractivity contribution in [2.24, 2.45) is 5.92 Å². The van der Waals surface area contributed by atoms with Crippen molar-refractivity contribution in [2.75, 3.05) is 32.0 Å². The van der Waals surface area contributed by atoms with Crippen LogP contribution in [-0.4, -0.2) is 53.6 Å². The molecule has 110 valence electrons. The SMILES string of the molecule is O=C(C1=COCC1)N1CC2(CC(NCC3CC3)CS2)C1. The van der Waals surface area contributed by atoms with E-state index in [1.807, 2.05) is 4.90 Å². The van der Waals surface area contributed by atoms with E-state index in [1.165, 1.54) is 31.6 Å². The highest BCUT2D eigenvalue weighted by Gasteiger charge is 2.50. The number of likely N-dealkylation sites (tertiary alicyclic amines) is 1. The van der Waals surface area contributed by atoms with Gasteiger partial charge in [-0.25, -0.2) is 0 Å². The van der Waals surface area contributed by atoms with E-state index in [2.05, 4.69) is 17.1 Å². The summed E-state index contributed by atoms with van der Waals surface area (Å²) < 4.78 is 5.51. The standard InChI is InChI=1S/C15H22N2O2S/c18-14(12-3-4-19-7-12)17-9-15(10-17)5-13(8-20-15)16-6-11-1-2-11/h7,11,13,16H,1-6,8-10H2. The van der Waals surface area contributed by atoms with E-state index in [0.717, 1.165) is 31.0 Å². The Hall–Kier alpha value is -0.680. The lowest BCUT2D eigenvalue weighted by molar-refractivity contribution is -0.132. The number of thioether (sulfide) groups is 1. The molecular formula is C15H22N2O2S. The highest BCUT2D eigenvalue weighted by molar-refractivity contribution is 8.01.